The Labute approximate surface area is 167 Å². The fourth-order valence-corrected chi connectivity index (χ4v) is 4.87. The van der Waals surface area contributed by atoms with Crippen molar-refractivity contribution in [3.63, 3.8) is 0 Å². The van der Waals surface area contributed by atoms with E-state index in [0.29, 0.717) is 10.7 Å². The Bertz CT molecular complexity index is 512. The molecule has 1 aliphatic heterocycles. The molecule has 0 aromatic carbocycles. The van der Waals surface area contributed by atoms with Gasteiger partial charge in [-0.2, -0.15) is 11.8 Å². The summed E-state index contributed by atoms with van der Waals surface area (Å²) in [5.41, 5.74) is 5.53. The number of hydrogen-bond donors (Lipinski definition) is 0. The first-order valence-electron chi connectivity index (χ1n) is 10.3. The molecule has 0 bridgehead atoms. The van der Waals surface area contributed by atoms with Crippen LogP contribution in [0.2, 0.25) is 0 Å². The summed E-state index contributed by atoms with van der Waals surface area (Å²) in [4.78, 5) is 2.37. The molecular formula is C24H41NS. The van der Waals surface area contributed by atoms with Gasteiger partial charge in [0.25, 0.3) is 0 Å². The zero-order chi connectivity index (χ0) is 19.7. The molecule has 2 heteroatoms. The quantitative estimate of drug-likeness (QED) is 0.239. The van der Waals surface area contributed by atoms with Gasteiger partial charge in [0.15, 0.2) is 0 Å². The molecule has 0 aliphatic carbocycles. The van der Waals surface area contributed by atoms with Crippen LogP contribution >= 0.6 is 11.8 Å². The molecule has 1 fully saturated rings. The average Bonchev–Trinajstić information content (AvgIpc) is 2.87. The van der Waals surface area contributed by atoms with Gasteiger partial charge in [-0.3, -0.25) is 0 Å². The maximum absolute atomic E-state index is 4.37. The maximum atomic E-state index is 4.37. The summed E-state index contributed by atoms with van der Waals surface area (Å²) in [6, 6.07) is 0. The van der Waals surface area contributed by atoms with Crippen molar-refractivity contribution in [3.05, 3.63) is 48.9 Å². The van der Waals surface area contributed by atoms with Gasteiger partial charge in [0.1, 0.15) is 0 Å². The van der Waals surface area contributed by atoms with Gasteiger partial charge in [-0.25, -0.2) is 0 Å². The SMILES string of the molecule is C=C(C)CCSC1CC(=C)N(CCCCCC(=C)C(C)(CC)CC)C1=C. The first-order chi connectivity index (χ1) is 12.2. The second-order valence-electron chi connectivity index (χ2n) is 8.16. The molecule has 1 atom stereocenters. The highest BCUT2D eigenvalue weighted by atomic mass is 32.2. The van der Waals surface area contributed by atoms with Crippen molar-refractivity contribution in [2.75, 3.05) is 12.3 Å². The molecule has 1 rings (SSSR count). The van der Waals surface area contributed by atoms with Crippen LogP contribution < -0.4 is 0 Å². The van der Waals surface area contributed by atoms with Crippen LogP contribution in [0.15, 0.2) is 48.9 Å². The smallest absolute Gasteiger partial charge is 0.0498 e. The van der Waals surface area contributed by atoms with Gasteiger partial charge in [-0.15, -0.1) is 6.58 Å². The molecule has 1 aliphatic rings. The van der Waals surface area contributed by atoms with Crippen molar-refractivity contribution >= 4 is 11.8 Å². The monoisotopic (exact) mass is 375 g/mol. The van der Waals surface area contributed by atoms with Crippen molar-refractivity contribution in [1.29, 1.82) is 0 Å². The second kappa shape index (κ2) is 11.1. The van der Waals surface area contributed by atoms with E-state index >= 15 is 0 Å². The molecule has 26 heavy (non-hydrogen) atoms. The van der Waals surface area contributed by atoms with E-state index in [4.69, 9.17) is 0 Å². The summed E-state index contributed by atoms with van der Waals surface area (Å²) in [6.45, 7) is 27.1. The highest BCUT2D eigenvalue weighted by molar-refractivity contribution is 8.00. The van der Waals surface area contributed by atoms with E-state index < -0.39 is 0 Å². The van der Waals surface area contributed by atoms with Crippen molar-refractivity contribution in [3.8, 4) is 0 Å². The summed E-state index contributed by atoms with van der Waals surface area (Å²) >= 11 is 2.01. The fourth-order valence-electron chi connectivity index (χ4n) is 3.49. The maximum Gasteiger partial charge on any atom is 0.0498 e. The van der Waals surface area contributed by atoms with Crippen molar-refractivity contribution in [2.45, 2.75) is 84.3 Å². The molecule has 0 N–H and O–H groups in total. The van der Waals surface area contributed by atoms with Crippen LogP contribution in [0.4, 0.5) is 0 Å². The average molecular weight is 376 g/mol. The second-order valence-corrected chi connectivity index (χ2v) is 9.47. The van der Waals surface area contributed by atoms with Gasteiger partial charge in [0, 0.05) is 29.6 Å². The summed E-state index contributed by atoms with van der Waals surface area (Å²) in [5, 5.41) is 0.511. The summed E-state index contributed by atoms with van der Waals surface area (Å²) in [6.07, 6.45) is 9.43. The van der Waals surface area contributed by atoms with E-state index in [1.54, 1.807) is 0 Å². The van der Waals surface area contributed by atoms with Gasteiger partial charge < -0.3 is 4.90 Å². The fraction of sp³-hybridized carbons (Fsp3) is 0.667. The van der Waals surface area contributed by atoms with Crippen LogP contribution in [-0.2, 0) is 0 Å². The molecule has 1 unspecified atom stereocenters. The van der Waals surface area contributed by atoms with Crippen LogP contribution in [0, 0.1) is 5.41 Å². The molecule has 148 valence electrons. The standard InChI is InChI=1S/C24H41NS/c1-9-24(8,10-2)20(5)14-12-11-13-16-25-21(6)18-23(22(25)7)26-17-15-19(3)4/h23H,3,5-7,9-18H2,1-2,4,8H3. The number of likely N-dealkylation sites (tertiary alicyclic amines) is 1. The summed E-state index contributed by atoms with van der Waals surface area (Å²) in [5.74, 6) is 1.13. The van der Waals surface area contributed by atoms with E-state index in [1.807, 2.05) is 11.8 Å². The molecule has 1 saturated heterocycles. The molecule has 0 radical (unpaired) electrons. The third-order valence-electron chi connectivity index (χ3n) is 6.14. The van der Waals surface area contributed by atoms with Crippen molar-refractivity contribution in [2.24, 2.45) is 5.41 Å². The highest BCUT2D eigenvalue weighted by Gasteiger charge is 2.29. The van der Waals surface area contributed by atoms with Crippen LogP contribution in [0.5, 0.6) is 0 Å². The topological polar surface area (TPSA) is 3.24 Å². The zero-order valence-corrected chi connectivity index (χ0v) is 18.6. The lowest BCUT2D eigenvalue weighted by Crippen LogP contribution is -2.19. The Morgan fingerprint density at radius 2 is 1.77 bits per heavy atom. The summed E-state index contributed by atoms with van der Waals surface area (Å²) < 4.78 is 0. The van der Waals surface area contributed by atoms with E-state index in [0.717, 1.165) is 25.1 Å². The molecule has 1 nitrogen and oxygen atoms in total. The van der Waals surface area contributed by atoms with E-state index in [9.17, 15) is 0 Å². The Morgan fingerprint density at radius 3 is 2.35 bits per heavy atom. The Hall–Kier alpha value is -0.890. The van der Waals surface area contributed by atoms with Crippen molar-refractivity contribution in [1.82, 2.24) is 4.90 Å². The minimum absolute atomic E-state index is 0.325. The van der Waals surface area contributed by atoms with Gasteiger partial charge in [0.05, 0.1) is 0 Å². The van der Waals surface area contributed by atoms with Gasteiger partial charge >= 0.3 is 0 Å². The predicted molar refractivity (Wildman–Crippen MR) is 122 cm³/mol. The van der Waals surface area contributed by atoms with Gasteiger partial charge in [-0.1, -0.05) is 58.1 Å². The molecule has 1 heterocycles. The summed E-state index contributed by atoms with van der Waals surface area (Å²) in [7, 11) is 0. The Balaban J connectivity index is 2.30. The Morgan fingerprint density at radius 1 is 1.12 bits per heavy atom. The minimum Gasteiger partial charge on any atom is -0.349 e. The number of allylic oxidation sites excluding steroid dienone is 3. The predicted octanol–water partition coefficient (Wildman–Crippen LogP) is 7.73. The number of hydrogen-bond acceptors (Lipinski definition) is 2. The normalized spacial score (nSPS) is 17.8. The van der Waals surface area contributed by atoms with Crippen LogP contribution in [-0.4, -0.2) is 22.4 Å². The number of thioether (sulfide) groups is 1. The number of rotatable bonds is 13. The van der Waals surface area contributed by atoms with Gasteiger partial charge in [-0.05, 0) is 56.6 Å². The highest BCUT2D eigenvalue weighted by Crippen LogP contribution is 2.38. The lowest BCUT2D eigenvalue weighted by atomic mass is 9.76. The van der Waals surface area contributed by atoms with E-state index in [-0.39, 0.29) is 0 Å². The third-order valence-corrected chi connectivity index (χ3v) is 7.42. The van der Waals surface area contributed by atoms with Crippen LogP contribution in [0.25, 0.3) is 0 Å². The molecule has 0 saturated carbocycles. The largest absolute Gasteiger partial charge is 0.349 e. The van der Waals surface area contributed by atoms with E-state index in [1.165, 1.54) is 61.1 Å². The zero-order valence-electron chi connectivity index (χ0n) is 17.8. The molecule has 0 aromatic heterocycles. The van der Waals surface area contributed by atoms with Crippen LogP contribution in [0.1, 0.15) is 79.1 Å². The van der Waals surface area contributed by atoms with E-state index in [2.05, 4.69) is 58.9 Å². The molecule has 0 amide bonds. The molecular weight excluding hydrogens is 334 g/mol. The lowest BCUT2D eigenvalue weighted by Gasteiger charge is -2.29. The van der Waals surface area contributed by atoms with Gasteiger partial charge in [0.2, 0.25) is 0 Å². The first kappa shape index (κ1) is 23.1. The molecule has 0 aromatic rings. The third kappa shape index (κ3) is 6.68. The Kier molecular flexibility index (Phi) is 9.85. The lowest BCUT2D eigenvalue weighted by molar-refractivity contribution is 0.352. The minimum atomic E-state index is 0.325. The van der Waals surface area contributed by atoms with Crippen LogP contribution in [0.3, 0.4) is 0 Å². The first-order valence-corrected chi connectivity index (χ1v) is 11.4. The number of nitrogens with zero attached hydrogens (tertiary/aromatic N) is 1. The number of unbranched alkanes of at least 4 members (excludes halogenated alkanes) is 2. The molecule has 0 spiro atoms. The van der Waals surface area contributed by atoms with Crippen molar-refractivity contribution < 1.29 is 0 Å².